The molecule has 2 amide bonds. The van der Waals surface area contributed by atoms with Crippen LogP contribution in [0.2, 0.25) is 0 Å². The third kappa shape index (κ3) is 4.10. The van der Waals surface area contributed by atoms with Gasteiger partial charge >= 0.3 is 0 Å². The molecular weight excluding hydrogens is 225 g/mol. The van der Waals surface area contributed by atoms with Gasteiger partial charge in [-0.2, -0.15) is 0 Å². The molecule has 1 aromatic rings. The Balaban J connectivity index is 2.61. The van der Waals surface area contributed by atoms with Gasteiger partial charge in [0, 0.05) is 17.8 Å². The highest BCUT2D eigenvalue weighted by molar-refractivity contribution is 5.97. The van der Waals surface area contributed by atoms with Crippen LogP contribution < -0.4 is 16.4 Å². The van der Waals surface area contributed by atoms with E-state index in [0.717, 1.165) is 12.1 Å². The molecule has 0 aromatic heterocycles. The first-order chi connectivity index (χ1) is 8.02. The van der Waals surface area contributed by atoms with E-state index in [1.807, 2.05) is 0 Å². The Morgan fingerprint density at radius 3 is 2.59 bits per heavy atom. The Morgan fingerprint density at radius 2 is 2.00 bits per heavy atom. The van der Waals surface area contributed by atoms with Crippen molar-refractivity contribution in [2.24, 2.45) is 0 Å². The average molecular weight is 239 g/mol. The monoisotopic (exact) mass is 239 g/mol. The number of anilines is 1. The zero-order chi connectivity index (χ0) is 12.8. The Hall–Kier alpha value is -2.11. The van der Waals surface area contributed by atoms with Gasteiger partial charge in [-0.05, 0) is 25.1 Å². The molecule has 92 valence electrons. The molecule has 0 fully saturated rings. The van der Waals surface area contributed by atoms with Gasteiger partial charge in [0.25, 0.3) is 5.91 Å². The van der Waals surface area contributed by atoms with Gasteiger partial charge in [0.15, 0.2) is 0 Å². The average Bonchev–Trinajstić information content (AvgIpc) is 2.25. The highest BCUT2D eigenvalue weighted by atomic mass is 19.1. The molecule has 0 radical (unpaired) electrons. The lowest BCUT2D eigenvalue weighted by Gasteiger charge is -2.06. The van der Waals surface area contributed by atoms with Crippen LogP contribution in [0.1, 0.15) is 17.3 Å². The number of carbonyl (C=O) groups excluding carboxylic acids is 2. The van der Waals surface area contributed by atoms with Crippen molar-refractivity contribution in [3.05, 3.63) is 29.6 Å². The minimum atomic E-state index is -0.590. The number of nitrogens with two attached hydrogens (primary N) is 1. The molecular formula is C11H14FN3O2. The Kier molecular flexibility index (Phi) is 4.45. The second-order valence-electron chi connectivity index (χ2n) is 3.41. The van der Waals surface area contributed by atoms with Crippen molar-refractivity contribution in [2.45, 2.75) is 6.92 Å². The molecule has 0 heterocycles. The van der Waals surface area contributed by atoms with E-state index in [2.05, 4.69) is 10.6 Å². The number of amides is 2. The maximum absolute atomic E-state index is 13.0. The SMILES string of the molecule is CCNC(=O)CNC(=O)c1cc(N)cc(F)c1. The molecule has 1 rings (SSSR count). The fourth-order valence-electron chi connectivity index (χ4n) is 1.27. The number of benzene rings is 1. The minimum absolute atomic E-state index is 0.0896. The van der Waals surface area contributed by atoms with Crippen LogP contribution in [0.25, 0.3) is 0 Å². The normalized spacial score (nSPS) is 9.76. The summed E-state index contributed by atoms with van der Waals surface area (Å²) in [6.45, 7) is 2.11. The van der Waals surface area contributed by atoms with E-state index in [1.54, 1.807) is 6.92 Å². The Labute approximate surface area is 98.2 Å². The van der Waals surface area contributed by atoms with Crippen LogP contribution >= 0.6 is 0 Å². The summed E-state index contributed by atoms with van der Waals surface area (Å²) in [6.07, 6.45) is 0. The molecule has 0 aliphatic carbocycles. The Morgan fingerprint density at radius 1 is 1.29 bits per heavy atom. The number of halogens is 1. The van der Waals surface area contributed by atoms with Crippen LogP contribution in [0.5, 0.6) is 0 Å². The number of nitrogens with one attached hydrogen (secondary N) is 2. The molecule has 6 heteroatoms. The van der Waals surface area contributed by atoms with Crippen LogP contribution in [0, 0.1) is 5.82 Å². The summed E-state index contributed by atoms with van der Waals surface area (Å²) in [7, 11) is 0. The number of hydrogen-bond donors (Lipinski definition) is 3. The second-order valence-corrected chi connectivity index (χ2v) is 3.41. The van der Waals surface area contributed by atoms with Crippen LogP contribution in [0.3, 0.4) is 0 Å². The molecule has 5 nitrogen and oxygen atoms in total. The van der Waals surface area contributed by atoms with E-state index in [4.69, 9.17) is 5.73 Å². The summed E-state index contributed by atoms with van der Waals surface area (Å²) in [4.78, 5) is 22.6. The first-order valence-electron chi connectivity index (χ1n) is 5.14. The number of rotatable bonds is 4. The summed E-state index contributed by atoms with van der Waals surface area (Å²) < 4.78 is 13.0. The van der Waals surface area contributed by atoms with Gasteiger partial charge in [-0.1, -0.05) is 0 Å². The maximum Gasteiger partial charge on any atom is 0.251 e. The molecule has 1 aromatic carbocycles. The minimum Gasteiger partial charge on any atom is -0.399 e. The lowest BCUT2D eigenvalue weighted by Crippen LogP contribution is -2.36. The van der Waals surface area contributed by atoms with Crippen LogP contribution in [-0.2, 0) is 4.79 Å². The van der Waals surface area contributed by atoms with E-state index < -0.39 is 11.7 Å². The first kappa shape index (κ1) is 13.0. The topological polar surface area (TPSA) is 84.2 Å². The number of nitrogen functional groups attached to an aromatic ring is 1. The van der Waals surface area contributed by atoms with E-state index in [0.29, 0.717) is 6.54 Å². The van der Waals surface area contributed by atoms with Crippen LogP contribution in [-0.4, -0.2) is 24.9 Å². The Bertz CT molecular complexity index is 414. The summed E-state index contributed by atoms with van der Waals surface area (Å²) >= 11 is 0. The third-order valence-electron chi connectivity index (χ3n) is 1.97. The van der Waals surface area contributed by atoms with Crippen molar-refractivity contribution in [2.75, 3.05) is 18.8 Å². The maximum atomic E-state index is 13.0. The molecule has 0 aliphatic rings. The zero-order valence-corrected chi connectivity index (χ0v) is 9.42. The van der Waals surface area contributed by atoms with Gasteiger partial charge in [0.2, 0.25) is 5.91 Å². The summed E-state index contributed by atoms with van der Waals surface area (Å²) in [6, 6.07) is 3.51. The smallest absolute Gasteiger partial charge is 0.251 e. The van der Waals surface area contributed by atoms with Crippen molar-refractivity contribution in [1.29, 1.82) is 0 Å². The molecule has 0 atom stereocenters. The van der Waals surface area contributed by atoms with E-state index in [1.165, 1.54) is 6.07 Å². The molecule has 0 saturated heterocycles. The molecule has 0 spiro atoms. The van der Waals surface area contributed by atoms with Crippen molar-refractivity contribution in [1.82, 2.24) is 10.6 Å². The molecule has 17 heavy (non-hydrogen) atoms. The van der Waals surface area contributed by atoms with Crippen molar-refractivity contribution in [3.8, 4) is 0 Å². The zero-order valence-electron chi connectivity index (χ0n) is 9.42. The van der Waals surface area contributed by atoms with Gasteiger partial charge < -0.3 is 16.4 Å². The molecule has 0 bridgehead atoms. The van der Waals surface area contributed by atoms with Gasteiger partial charge in [0.1, 0.15) is 5.82 Å². The molecule has 0 unspecified atom stereocenters. The highest BCUT2D eigenvalue weighted by Crippen LogP contribution is 2.10. The molecule has 0 aliphatic heterocycles. The second kappa shape index (κ2) is 5.83. The van der Waals surface area contributed by atoms with Gasteiger partial charge in [-0.25, -0.2) is 4.39 Å². The number of hydrogen-bond acceptors (Lipinski definition) is 3. The quantitative estimate of drug-likeness (QED) is 0.659. The van der Waals surface area contributed by atoms with Gasteiger partial charge in [-0.3, -0.25) is 9.59 Å². The fourth-order valence-corrected chi connectivity index (χ4v) is 1.27. The predicted molar refractivity (Wildman–Crippen MR) is 61.8 cm³/mol. The van der Waals surface area contributed by atoms with Gasteiger partial charge in [0.05, 0.1) is 6.54 Å². The van der Waals surface area contributed by atoms with Gasteiger partial charge in [-0.15, -0.1) is 0 Å². The summed E-state index contributed by atoms with van der Waals surface area (Å²) in [5.74, 6) is -1.43. The van der Waals surface area contributed by atoms with Crippen molar-refractivity contribution in [3.63, 3.8) is 0 Å². The standard InChI is InChI=1S/C11H14FN3O2/c1-2-14-10(16)6-15-11(17)7-3-8(12)5-9(13)4-7/h3-5H,2,6,13H2,1H3,(H,14,16)(H,15,17). The lowest BCUT2D eigenvalue weighted by atomic mass is 10.2. The number of carbonyl (C=O) groups is 2. The molecule has 4 N–H and O–H groups in total. The van der Waals surface area contributed by atoms with Crippen LogP contribution in [0.15, 0.2) is 18.2 Å². The van der Waals surface area contributed by atoms with Crippen molar-refractivity contribution < 1.29 is 14.0 Å². The van der Waals surface area contributed by atoms with Crippen molar-refractivity contribution >= 4 is 17.5 Å². The fraction of sp³-hybridized carbons (Fsp3) is 0.273. The van der Waals surface area contributed by atoms with Crippen LogP contribution in [0.4, 0.5) is 10.1 Å². The summed E-state index contributed by atoms with van der Waals surface area (Å²) in [5.41, 5.74) is 5.65. The summed E-state index contributed by atoms with van der Waals surface area (Å²) in [5, 5.41) is 4.89. The lowest BCUT2D eigenvalue weighted by molar-refractivity contribution is -0.120. The third-order valence-corrected chi connectivity index (χ3v) is 1.97. The largest absolute Gasteiger partial charge is 0.399 e. The number of likely N-dealkylation sites (N-methyl/N-ethyl adjacent to an activating group) is 1. The van der Waals surface area contributed by atoms with E-state index in [-0.39, 0.29) is 23.7 Å². The highest BCUT2D eigenvalue weighted by Gasteiger charge is 2.09. The molecule has 0 saturated carbocycles. The van der Waals surface area contributed by atoms with E-state index in [9.17, 15) is 14.0 Å². The first-order valence-corrected chi connectivity index (χ1v) is 5.14. The predicted octanol–water partition coefficient (Wildman–Crippen LogP) is 0.274. The van der Waals surface area contributed by atoms with E-state index >= 15 is 0 Å².